The summed E-state index contributed by atoms with van der Waals surface area (Å²) in [4.78, 5) is 0. The smallest absolute Gasteiger partial charge is 0.121 e. The largest absolute Gasteiger partial charge is 0.496 e. The summed E-state index contributed by atoms with van der Waals surface area (Å²) in [7, 11) is 1.70. The quantitative estimate of drug-likeness (QED) is 0.882. The lowest BCUT2D eigenvalue weighted by molar-refractivity contribution is 0.411. The van der Waals surface area contributed by atoms with Crippen molar-refractivity contribution in [2.45, 2.75) is 27.3 Å². The molecule has 0 spiro atoms. The molecule has 0 unspecified atom stereocenters. The summed E-state index contributed by atoms with van der Waals surface area (Å²) in [5, 5.41) is 3.49. The van der Waals surface area contributed by atoms with Crippen molar-refractivity contribution in [1.29, 1.82) is 0 Å². The minimum absolute atomic E-state index is 0.828. The Bertz CT molecular complexity index is 575. The van der Waals surface area contributed by atoms with Gasteiger partial charge in [0, 0.05) is 12.2 Å². The minimum atomic E-state index is 0.828. The first-order chi connectivity index (χ1) is 9.10. The summed E-state index contributed by atoms with van der Waals surface area (Å²) in [5.41, 5.74) is 6.19. The predicted molar refractivity (Wildman–Crippen MR) is 81.0 cm³/mol. The average molecular weight is 255 g/mol. The van der Waals surface area contributed by atoms with Gasteiger partial charge in [-0.25, -0.2) is 0 Å². The Labute approximate surface area is 115 Å². The van der Waals surface area contributed by atoms with Crippen molar-refractivity contribution in [1.82, 2.24) is 0 Å². The van der Waals surface area contributed by atoms with Gasteiger partial charge in [0.2, 0.25) is 0 Å². The van der Waals surface area contributed by atoms with Gasteiger partial charge in [0.15, 0.2) is 0 Å². The summed E-state index contributed by atoms with van der Waals surface area (Å²) in [6.45, 7) is 7.14. The molecule has 1 N–H and O–H groups in total. The van der Waals surface area contributed by atoms with Crippen molar-refractivity contribution in [2.24, 2.45) is 0 Å². The maximum Gasteiger partial charge on any atom is 0.121 e. The molecule has 2 nitrogen and oxygen atoms in total. The molecule has 0 aliphatic heterocycles. The van der Waals surface area contributed by atoms with Crippen molar-refractivity contribution in [2.75, 3.05) is 12.4 Å². The molecule has 2 rings (SSSR count). The van der Waals surface area contributed by atoms with E-state index in [0.29, 0.717) is 0 Å². The van der Waals surface area contributed by atoms with Gasteiger partial charge in [-0.3, -0.25) is 0 Å². The van der Waals surface area contributed by atoms with Crippen LogP contribution in [-0.4, -0.2) is 7.11 Å². The molecular formula is C17H21NO. The number of anilines is 1. The third kappa shape index (κ3) is 3.28. The van der Waals surface area contributed by atoms with Crippen LogP contribution in [0.5, 0.6) is 5.75 Å². The van der Waals surface area contributed by atoms with Gasteiger partial charge in [0.25, 0.3) is 0 Å². The Balaban J connectivity index is 2.10. The van der Waals surface area contributed by atoms with E-state index in [1.54, 1.807) is 7.11 Å². The highest BCUT2D eigenvalue weighted by Crippen LogP contribution is 2.21. The number of hydrogen-bond donors (Lipinski definition) is 1. The van der Waals surface area contributed by atoms with E-state index in [1.165, 1.54) is 27.9 Å². The zero-order valence-corrected chi connectivity index (χ0v) is 12.1. The lowest BCUT2D eigenvalue weighted by atomic mass is 10.1. The lowest BCUT2D eigenvalue weighted by Crippen LogP contribution is -2.02. The molecule has 0 saturated carbocycles. The number of benzene rings is 2. The van der Waals surface area contributed by atoms with Crippen molar-refractivity contribution in [3.63, 3.8) is 0 Å². The molecule has 0 radical (unpaired) electrons. The van der Waals surface area contributed by atoms with Gasteiger partial charge in [0.05, 0.1) is 7.11 Å². The molecule has 2 aromatic carbocycles. The van der Waals surface area contributed by atoms with Gasteiger partial charge >= 0.3 is 0 Å². The highest BCUT2D eigenvalue weighted by molar-refractivity contribution is 5.53. The van der Waals surface area contributed by atoms with Crippen molar-refractivity contribution in [3.8, 4) is 5.75 Å². The first kappa shape index (κ1) is 13.5. The maximum atomic E-state index is 5.28. The molecule has 0 aliphatic carbocycles. The summed E-state index contributed by atoms with van der Waals surface area (Å²) in [6.07, 6.45) is 0. The molecule has 0 aliphatic rings. The number of hydrogen-bond acceptors (Lipinski definition) is 2. The molecular weight excluding hydrogens is 234 g/mol. The van der Waals surface area contributed by atoms with E-state index in [4.69, 9.17) is 4.74 Å². The van der Waals surface area contributed by atoms with Gasteiger partial charge in [0.1, 0.15) is 5.75 Å². The van der Waals surface area contributed by atoms with Crippen molar-refractivity contribution < 1.29 is 4.74 Å². The number of aryl methyl sites for hydroxylation is 3. The van der Waals surface area contributed by atoms with Crippen LogP contribution < -0.4 is 10.1 Å². The molecule has 0 atom stereocenters. The van der Waals surface area contributed by atoms with Crippen LogP contribution in [0, 0.1) is 20.8 Å². The van der Waals surface area contributed by atoms with E-state index >= 15 is 0 Å². The molecule has 0 aromatic heterocycles. The molecule has 0 fully saturated rings. The van der Waals surface area contributed by atoms with Crippen LogP contribution >= 0.6 is 0 Å². The van der Waals surface area contributed by atoms with E-state index < -0.39 is 0 Å². The second kappa shape index (κ2) is 5.79. The number of rotatable bonds is 4. The second-order valence-corrected chi connectivity index (χ2v) is 4.98. The van der Waals surface area contributed by atoms with E-state index in [1.807, 2.05) is 6.07 Å². The van der Waals surface area contributed by atoms with Crippen molar-refractivity contribution >= 4 is 5.69 Å². The second-order valence-electron chi connectivity index (χ2n) is 4.98. The Morgan fingerprint density at radius 1 is 0.947 bits per heavy atom. The Morgan fingerprint density at radius 3 is 2.42 bits per heavy atom. The van der Waals surface area contributed by atoms with Gasteiger partial charge in [-0.05, 0) is 55.2 Å². The van der Waals surface area contributed by atoms with Crippen LogP contribution in [-0.2, 0) is 6.54 Å². The van der Waals surface area contributed by atoms with E-state index in [-0.39, 0.29) is 0 Å². The molecule has 0 heterocycles. The number of nitrogens with one attached hydrogen (secondary N) is 1. The van der Waals surface area contributed by atoms with Gasteiger partial charge in [-0.2, -0.15) is 0 Å². The minimum Gasteiger partial charge on any atom is -0.496 e. The highest BCUT2D eigenvalue weighted by Gasteiger charge is 2.02. The summed E-state index contributed by atoms with van der Waals surface area (Å²) >= 11 is 0. The van der Waals surface area contributed by atoms with Crippen LogP contribution in [0.15, 0.2) is 36.4 Å². The maximum absolute atomic E-state index is 5.28. The van der Waals surface area contributed by atoms with Crippen LogP contribution in [0.4, 0.5) is 5.69 Å². The summed E-state index contributed by atoms with van der Waals surface area (Å²) in [5.74, 6) is 0.940. The fourth-order valence-electron chi connectivity index (χ4n) is 2.17. The molecule has 2 heteroatoms. The molecule has 0 bridgehead atoms. The van der Waals surface area contributed by atoms with Gasteiger partial charge < -0.3 is 10.1 Å². The normalized spacial score (nSPS) is 10.3. The van der Waals surface area contributed by atoms with Crippen LogP contribution in [0.1, 0.15) is 22.3 Å². The Hall–Kier alpha value is -1.96. The lowest BCUT2D eigenvalue weighted by Gasteiger charge is -2.12. The zero-order chi connectivity index (χ0) is 13.8. The third-order valence-electron chi connectivity index (χ3n) is 3.34. The van der Waals surface area contributed by atoms with Crippen LogP contribution in [0.2, 0.25) is 0 Å². The van der Waals surface area contributed by atoms with Crippen LogP contribution in [0.3, 0.4) is 0 Å². The Kier molecular flexibility index (Phi) is 4.10. The zero-order valence-electron chi connectivity index (χ0n) is 12.1. The topological polar surface area (TPSA) is 21.3 Å². The Morgan fingerprint density at radius 2 is 1.74 bits per heavy atom. The fraction of sp³-hybridized carbons (Fsp3) is 0.294. The number of ether oxygens (including phenoxy) is 1. The fourth-order valence-corrected chi connectivity index (χ4v) is 2.17. The third-order valence-corrected chi connectivity index (χ3v) is 3.34. The van der Waals surface area contributed by atoms with E-state index in [2.05, 4.69) is 56.4 Å². The molecule has 0 saturated heterocycles. The standard InChI is InChI=1S/C17H21NO/c1-12-5-6-13(2)16(9-12)18-11-15-7-8-17(19-4)14(3)10-15/h5-10,18H,11H2,1-4H3. The summed E-state index contributed by atoms with van der Waals surface area (Å²) in [6, 6.07) is 12.8. The van der Waals surface area contributed by atoms with Crippen molar-refractivity contribution in [3.05, 3.63) is 58.7 Å². The predicted octanol–water partition coefficient (Wildman–Crippen LogP) is 4.23. The number of methoxy groups -OCH3 is 1. The first-order valence-electron chi connectivity index (χ1n) is 6.55. The SMILES string of the molecule is COc1ccc(CNc2cc(C)ccc2C)cc1C. The molecule has 100 valence electrons. The van der Waals surface area contributed by atoms with Gasteiger partial charge in [-0.15, -0.1) is 0 Å². The monoisotopic (exact) mass is 255 g/mol. The average Bonchev–Trinajstić information content (AvgIpc) is 2.40. The molecule has 0 amide bonds. The molecule has 2 aromatic rings. The first-order valence-corrected chi connectivity index (χ1v) is 6.55. The van der Waals surface area contributed by atoms with E-state index in [0.717, 1.165) is 12.3 Å². The van der Waals surface area contributed by atoms with Crippen LogP contribution in [0.25, 0.3) is 0 Å². The summed E-state index contributed by atoms with van der Waals surface area (Å²) < 4.78 is 5.28. The van der Waals surface area contributed by atoms with Gasteiger partial charge in [-0.1, -0.05) is 24.3 Å². The highest BCUT2D eigenvalue weighted by atomic mass is 16.5. The van der Waals surface area contributed by atoms with E-state index in [9.17, 15) is 0 Å². The molecule has 19 heavy (non-hydrogen) atoms.